The van der Waals surface area contributed by atoms with Crippen LogP contribution in [0.5, 0.6) is 0 Å². The van der Waals surface area contributed by atoms with Crippen molar-refractivity contribution in [3.63, 3.8) is 0 Å². The minimum Gasteiger partial charge on any atom is -0.326 e. The number of hydrogen-bond acceptors (Lipinski definition) is 6. The van der Waals surface area contributed by atoms with E-state index in [4.69, 9.17) is 16.6 Å². The molecule has 41 heavy (non-hydrogen) atoms. The van der Waals surface area contributed by atoms with Crippen LogP contribution in [0.1, 0.15) is 56.9 Å². The summed E-state index contributed by atoms with van der Waals surface area (Å²) < 4.78 is 2.01. The summed E-state index contributed by atoms with van der Waals surface area (Å²) in [6.45, 7) is 5.97. The number of carbonyl (C=O) groups is 1. The molecule has 2 aromatic carbocycles. The van der Waals surface area contributed by atoms with Gasteiger partial charge in [-0.3, -0.25) is 14.4 Å². The molecule has 1 amide bonds. The number of rotatable bonds is 4. The van der Waals surface area contributed by atoms with Gasteiger partial charge in [0.25, 0.3) is 0 Å². The Bertz CT molecular complexity index is 1840. The first kappa shape index (κ1) is 26.6. The number of nitrogens with one attached hydrogen (secondary N) is 1. The van der Waals surface area contributed by atoms with E-state index < -0.39 is 6.04 Å². The van der Waals surface area contributed by atoms with Gasteiger partial charge in [-0.05, 0) is 74.6 Å². The molecule has 1 aliphatic heterocycles. The van der Waals surface area contributed by atoms with Gasteiger partial charge in [0.1, 0.15) is 22.6 Å². The van der Waals surface area contributed by atoms with Crippen LogP contribution in [0.2, 0.25) is 5.02 Å². The summed E-state index contributed by atoms with van der Waals surface area (Å²) in [5.74, 6) is 7.66. The molecule has 0 bridgehead atoms. The van der Waals surface area contributed by atoms with Crippen LogP contribution in [-0.2, 0) is 4.79 Å². The standard InChI is InChI=1S/C32H25ClN6OS/c1-19-7-13-25(14-8-19)35-28(40)18-26-31-38-37-21(3)39(31)32-29(30(36-26)22-9-11-23(33)12-10-22)20(2)27(41-32)16-15-24-6-4-5-17-34-24/h4-14,17,26H,18H2,1-3H3,(H,35,40)/t26-/m0/s1. The van der Waals surface area contributed by atoms with Crippen LogP contribution in [0, 0.1) is 32.6 Å². The molecule has 1 aliphatic rings. The van der Waals surface area contributed by atoms with Crippen LogP contribution in [0.3, 0.4) is 0 Å². The number of fused-ring (bicyclic) bond motifs is 3. The number of aryl methyl sites for hydroxylation is 2. The maximum atomic E-state index is 13.3. The number of pyridine rings is 1. The number of nitrogens with zero attached hydrogens (tertiary/aromatic N) is 5. The second kappa shape index (κ2) is 11.1. The molecular formula is C32H25ClN6OS. The molecule has 6 rings (SSSR count). The van der Waals surface area contributed by atoms with Crippen molar-refractivity contribution in [2.75, 3.05) is 5.32 Å². The van der Waals surface area contributed by atoms with E-state index in [-0.39, 0.29) is 12.3 Å². The molecular weight excluding hydrogens is 552 g/mol. The molecule has 0 radical (unpaired) electrons. The summed E-state index contributed by atoms with van der Waals surface area (Å²) in [7, 11) is 0. The van der Waals surface area contributed by atoms with Crippen molar-refractivity contribution < 1.29 is 4.79 Å². The number of hydrogen-bond donors (Lipinski definition) is 1. The fourth-order valence-corrected chi connectivity index (χ4v) is 6.07. The lowest BCUT2D eigenvalue weighted by Gasteiger charge is -2.13. The average Bonchev–Trinajstić information content (AvgIpc) is 3.47. The number of thiophene rings is 1. The second-order valence-corrected chi connectivity index (χ2v) is 11.2. The highest BCUT2D eigenvalue weighted by molar-refractivity contribution is 7.15. The van der Waals surface area contributed by atoms with Crippen molar-refractivity contribution in [2.45, 2.75) is 33.2 Å². The van der Waals surface area contributed by atoms with Gasteiger partial charge in [0, 0.05) is 28.0 Å². The van der Waals surface area contributed by atoms with Crippen LogP contribution < -0.4 is 5.32 Å². The third kappa shape index (κ3) is 5.42. The van der Waals surface area contributed by atoms with Crippen molar-refractivity contribution in [2.24, 2.45) is 4.99 Å². The third-order valence-electron chi connectivity index (χ3n) is 6.80. The normalized spacial score (nSPS) is 13.8. The monoisotopic (exact) mass is 576 g/mol. The van der Waals surface area contributed by atoms with E-state index in [1.807, 2.05) is 92.1 Å². The Labute approximate surface area is 247 Å². The molecule has 202 valence electrons. The average molecular weight is 577 g/mol. The Morgan fingerprint density at radius 1 is 1.00 bits per heavy atom. The predicted molar refractivity (Wildman–Crippen MR) is 163 cm³/mol. The summed E-state index contributed by atoms with van der Waals surface area (Å²) in [6.07, 6.45) is 1.83. The number of anilines is 1. The molecule has 7 nitrogen and oxygen atoms in total. The van der Waals surface area contributed by atoms with E-state index in [0.29, 0.717) is 22.4 Å². The van der Waals surface area contributed by atoms with E-state index in [9.17, 15) is 4.79 Å². The first-order valence-corrected chi connectivity index (χ1v) is 14.3. The number of aliphatic imine (C=N–C) groups is 1. The number of amides is 1. The van der Waals surface area contributed by atoms with Crippen LogP contribution >= 0.6 is 22.9 Å². The first-order chi connectivity index (χ1) is 19.9. The van der Waals surface area contributed by atoms with Crippen LogP contribution in [0.4, 0.5) is 5.69 Å². The summed E-state index contributed by atoms with van der Waals surface area (Å²) in [4.78, 5) is 23.7. The Hall–Kier alpha value is -4.58. The lowest BCUT2D eigenvalue weighted by atomic mass is 9.99. The molecule has 0 aliphatic carbocycles. The van der Waals surface area contributed by atoms with Crippen molar-refractivity contribution >= 4 is 40.2 Å². The third-order valence-corrected chi connectivity index (χ3v) is 8.25. The molecule has 5 aromatic rings. The van der Waals surface area contributed by atoms with Crippen molar-refractivity contribution in [1.29, 1.82) is 0 Å². The zero-order valence-electron chi connectivity index (χ0n) is 22.6. The van der Waals surface area contributed by atoms with Crippen LogP contribution in [0.25, 0.3) is 5.00 Å². The summed E-state index contributed by atoms with van der Waals surface area (Å²) in [5.41, 5.74) is 6.13. The van der Waals surface area contributed by atoms with Gasteiger partial charge in [-0.25, -0.2) is 4.98 Å². The van der Waals surface area contributed by atoms with Crippen LogP contribution in [0.15, 0.2) is 77.9 Å². The zero-order chi connectivity index (χ0) is 28.5. The van der Waals surface area contributed by atoms with Gasteiger partial charge in [-0.15, -0.1) is 21.5 Å². The summed E-state index contributed by atoms with van der Waals surface area (Å²) in [6, 6.07) is 20.4. The van der Waals surface area contributed by atoms with Crippen molar-refractivity contribution in [3.8, 4) is 16.8 Å². The van der Waals surface area contributed by atoms with Gasteiger partial charge >= 0.3 is 0 Å². The maximum Gasteiger partial charge on any atom is 0.227 e. The van der Waals surface area contributed by atoms with Gasteiger partial charge in [0.15, 0.2) is 5.82 Å². The number of aromatic nitrogens is 4. The molecule has 3 aromatic heterocycles. The molecule has 0 fully saturated rings. The van der Waals surface area contributed by atoms with Gasteiger partial charge in [0.2, 0.25) is 5.91 Å². The molecule has 0 unspecified atom stereocenters. The van der Waals surface area contributed by atoms with Gasteiger partial charge < -0.3 is 5.32 Å². The Balaban J connectivity index is 1.47. The van der Waals surface area contributed by atoms with E-state index in [0.717, 1.165) is 43.5 Å². The molecule has 0 spiro atoms. The Morgan fingerprint density at radius 2 is 1.78 bits per heavy atom. The highest BCUT2D eigenvalue weighted by atomic mass is 35.5. The van der Waals surface area contributed by atoms with E-state index in [1.165, 1.54) is 0 Å². The second-order valence-electron chi connectivity index (χ2n) is 9.76. The van der Waals surface area contributed by atoms with E-state index in [2.05, 4.69) is 32.3 Å². The van der Waals surface area contributed by atoms with Crippen molar-refractivity contribution in [1.82, 2.24) is 19.7 Å². The Kier molecular flexibility index (Phi) is 7.23. The van der Waals surface area contributed by atoms with E-state index >= 15 is 0 Å². The SMILES string of the molecule is Cc1ccc(NC(=O)C[C@@H]2N=C(c3ccc(Cl)cc3)c3c(sc(C#Cc4ccccn4)c3C)-n3c(C)nnc32)cc1. The topological polar surface area (TPSA) is 85.1 Å². The van der Waals surface area contributed by atoms with Gasteiger partial charge in [0.05, 0.1) is 17.0 Å². The van der Waals surface area contributed by atoms with Crippen molar-refractivity contribution in [3.05, 3.63) is 122 Å². The Morgan fingerprint density at radius 3 is 2.51 bits per heavy atom. The van der Waals surface area contributed by atoms with Gasteiger partial charge in [-0.1, -0.05) is 47.5 Å². The molecule has 1 atom stereocenters. The quantitative estimate of drug-likeness (QED) is 0.244. The summed E-state index contributed by atoms with van der Waals surface area (Å²) >= 11 is 7.80. The highest BCUT2D eigenvalue weighted by Gasteiger charge is 2.32. The summed E-state index contributed by atoms with van der Waals surface area (Å²) in [5, 5.41) is 13.4. The fraction of sp³-hybridized carbons (Fsp3) is 0.156. The minimum atomic E-state index is -0.561. The predicted octanol–water partition coefficient (Wildman–Crippen LogP) is 6.62. The molecule has 0 saturated heterocycles. The van der Waals surface area contributed by atoms with Crippen LogP contribution in [-0.4, -0.2) is 31.4 Å². The number of halogens is 1. The largest absolute Gasteiger partial charge is 0.326 e. The van der Waals surface area contributed by atoms with Gasteiger partial charge in [-0.2, -0.15) is 0 Å². The lowest BCUT2D eigenvalue weighted by Crippen LogP contribution is -2.17. The highest BCUT2D eigenvalue weighted by Crippen LogP contribution is 2.39. The molecule has 4 heterocycles. The number of carbonyl (C=O) groups excluding carboxylic acids is 1. The fourth-order valence-electron chi connectivity index (χ4n) is 4.72. The molecule has 0 saturated carbocycles. The minimum absolute atomic E-state index is 0.101. The van der Waals surface area contributed by atoms with E-state index in [1.54, 1.807) is 17.5 Å². The molecule has 9 heteroatoms. The first-order valence-electron chi connectivity index (χ1n) is 13.1. The molecule has 1 N–H and O–H groups in total. The number of benzene rings is 2. The maximum absolute atomic E-state index is 13.3. The zero-order valence-corrected chi connectivity index (χ0v) is 24.2. The smallest absolute Gasteiger partial charge is 0.227 e. The lowest BCUT2D eigenvalue weighted by molar-refractivity contribution is -0.116.